The molecule has 0 spiro atoms. The van der Waals surface area contributed by atoms with Crippen LogP contribution in [-0.2, 0) is 0 Å². The third-order valence-corrected chi connectivity index (χ3v) is 5.81. The Morgan fingerprint density at radius 1 is 0.862 bits per heavy atom. The molecule has 146 valence electrons. The van der Waals surface area contributed by atoms with E-state index in [1.54, 1.807) is 6.33 Å². The molecular formula is C23H22ClN5. The molecule has 1 aliphatic rings. The van der Waals surface area contributed by atoms with Crippen LogP contribution in [0.4, 0.5) is 5.82 Å². The molecule has 0 unspecified atom stereocenters. The summed E-state index contributed by atoms with van der Waals surface area (Å²) in [6, 6.07) is 18.3. The molecule has 5 nitrogen and oxygen atoms in total. The zero-order chi connectivity index (χ0) is 19.8. The predicted octanol–water partition coefficient (Wildman–Crippen LogP) is 4.49. The van der Waals surface area contributed by atoms with Crippen LogP contribution in [0.3, 0.4) is 0 Å². The number of hydrogen-bond acceptors (Lipinski definition) is 4. The smallest absolute Gasteiger partial charge is 0.150 e. The van der Waals surface area contributed by atoms with Gasteiger partial charge in [-0.15, -0.1) is 0 Å². The number of halogens is 1. The summed E-state index contributed by atoms with van der Waals surface area (Å²) in [4.78, 5) is 14.1. The van der Waals surface area contributed by atoms with Crippen LogP contribution < -0.4 is 4.90 Å². The van der Waals surface area contributed by atoms with Gasteiger partial charge in [0.05, 0.1) is 5.39 Å². The van der Waals surface area contributed by atoms with Crippen molar-refractivity contribution in [2.75, 3.05) is 38.1 Å². The summed E-state index contributed by atoms with van der Waals surface area (Å²) < 4.78 is 2.13. The van der Waals surface area contributed by atoms with Crippen LogP contribution in [0, 0.1) is 0 Å². The Balaban J connectivity index is 1.74. The first-order chi connectivity index (χ1) is 14.2. The molecule has 1 aliphatic heterocycles. The van der Waals surface area contributed by atoms with Crippen molar-refractivity contribution >= 4 is 28.5 Å². The second kappa shape index (κ2) is 7.50. The summed E-state index contributed by atoms with van der Waals surface area (Å²) in [5.41, 5.74) is 4.25. The van der Waals surface area contributed by atoms with E-state index in [2.05, 4.69) is 56.9 Å². The summed E-state index contributed by atoms with van der Waals surface area (Å²) >= 11 is 6.11. The Kier molecular flexibility index (Phi) is 4.70. The molecule has 0 aliphatic carbocycles. The van der Waals surface area contributed by atoms with Gasteiger partial charge >= 0.3 is 0 Å². The number of nitrogens with zero attached hydrogens (tertiary/aromatic N) is 5. The van der Waals surface area contributed by atoms with Gasteiger partial charge in [0.2, 0.25) is 0 Å². The number of benzene rings is 2. The van der Waals surface area contributed by atoms with Gasteiger partial charge in [-0.25, -0.2) is 9.97 Å². The summed E-state index contributed by atoms with van der Waals surface area (Å²) in [6.45, 7) is 3.99. The second-order valence-electron chi connectivity index (χ2n) is 7.44. The lowest BCUT2D eigenvalue weighted by Gasteiger charge is -2.33. The highest BCUT2D eigenvalue weighted by Gasteiger charge is 2.23. The highest BCUT2D eigenvalue weighted by atomic mass is 35.5. The Hall–Kier alpha value is -2.89. The van der Waals surface area contributed by atoms with Crippen molar-refractivity contribution < 1.29 is 0 Å². The molecule has 0 amide bonds. The lowest BCUT2D eigenvalue weighted by Crippen LogP contribution is -2.44. The third kappa shape index (κ3) is 3.37. The van der Waals surface area contributed by atoms with Crippen LogP contribution in [0.25, 0.3) is 27.8 Å². The van der Waals surface area contributed by atoms with E-state index in [4.69, 9.17) is 16.6 Å². The normalized spacial score (nSPS) is 15.2. The largest absolute Gasteiger partial charge is 0.353 e. The van der Waals surface area contributed by atoms with Crippen LogP contribution in [0.1, 0.15) is 0 Å². The lowest BCUT2D eigenvalue weighted by atomic mass is 10.1. The molecule has 2 aromatic carbocycles. The van der Waals surface area contributed by atoms with Gasteiger partial charge in [0.25, 0.3) is 0 Å². The summed E-state index contributed by atoms with van der Waals surface area (Å²) in [7, 11) is 2.17. The van der Waals surface area contributed by atoms with Crippen molar-refractivity contribution in [3.63, 3.8) is 0 Å². The van der Waals surface area contributed by atoms with Gasteiger partial charge in [-0.3, -0.25) is 0 Å². The average molecular weight is 404 g/mol. The SMILES string of the molecule is CN1CCN(c2ncnc3c2c(-c2ccccc2)cn3-c2ccc(Cl)cc2)CC1. The van der Waals surface area contributed by atoms with Crippen LogP contribution in [0.2, 0.25) is 5.02 Å². The fraction of sp³-hybridized carbons (Fsp3) is 0.217. The van der Waals surface area contributed by atoms with E-state index < -0.39 is 0 Å². The lowest BCUT2D eigenvalue weighted by molar-refractivity contribution is 0.312. The average Bonchev–Trinajstić information content (AvgIpc) is 3.15. The first kappa shape index (κ1) is 18.2. The molecule has 0 atom stereocenters. The first-order valence-corrected chi connectivity index (χ1v) is 10.2. The van der Waals surface area contributed by atoms with Gasteiger partial charge in [0, 0.05) is 48.6 Å². The Bertz CT molecular complexity index is 1130. The molecule has 2 aromatic heterocycles. The number of anilines is 1. The van der Waals surface area contributed by atoms with Crippen LogP contribution in [0.15, 0.2) is 67.1 Å². The maximum absolute atomic E-state index is 6.11. The number of hydrogen-bond donors (Lipinski definition) is 0. The van der Waals surface area contributed by atoms with E-state index in [9.17, 15) is 0 Å². The Morgan fingerprint density at radius 3 is 2.31 bits per heavy atom. The van der Waals surface area contributed by atoms with Crippen molar-refractivity contribution in [1.29, 1.82) is 0 Å². The minimum Gasteiger partial charge on any atom is -0.353 e. The minimum atomic E-state index is 0.723. The zero-order valence-electron chi connectivity index (χ0n) is 16.3. The van der Waals surface area contributed by atoms with Gasteiger partial charge < -0.3 is 14.4 Å². The van der Waals surface area contributed by atoms with Gasteiger partial charge in [-0.2, -0.15) is 0 Å². The number of aromatic nitrogens is 3. The Morgan fingerprint density at radius 2 is 1.59 bits per heavy atom. The van der Waals surface area contributed by atoms with Crippen molar-refractivity contribution in [2.45, 2.75) is 0 Å². The monoisotopic (exact) mass is 403 g/mol. The number of likely N-dealkylation sites (N-methyl/N-ethyl adjacent to an activating group) is 1. The second-order valence-corrected chi connectivity index (χ2v) is 7.88. The van der Waals surface area contributed by atoms with Crippen LogP contribution in [-0.4, -0.2) is 52.7 Å². The highest BCUT2D eigenvalue weighted by molar-refractivity contribution is 6.30. The van der Waals surface area contributed by atoms with Crippen molar-refractivity contribution in [2.24, 2.45) is 0 Å². The molecule has 5 rings (SSSR count). The zero-order valence-corrected chi connectivity index (χ0v) is 17.0. The molecular weight excluding hydrogens is 382 g/mol. The van der Waals surface area contributed by atoms with E-state index in [-0.39, 0.29) is 0 Å². The predicted molar refractivity (Wildman–Crippen MR) is 119 cm³/mol. The maximum Gasteiger partial charge on any atom is 0.150 e. The van der Waals surface area contributed by atoms with Gasteiger partial charge in [0.15, 0.2) is 5.65 Å². The molecule has 1 saturated heterocycles. The van der Waals surface area contributed by atoms with E-state index in [1.807, 2.05) is 30.3 Å². The van der Waals surface area contributed by atoms with Crippen LogP contribution >= 0.6 is 11.6 Å². The van der Waals surface area contributed by atoms with E-state index >= 15 is 0 Å². The molecule has 3 heterocycles. The summed E-state index contributed by atoms with van der Waals surface area (Å²) in [5, 5.41) is 1.82. The highest BCUT2D eigenvalue weighted by Crippen LogP contribution is 2.37. The van der Waals surface area contributed by atoms with Crippen molar-refractivity contribution in [3.05, 3.63) is 72.1 Å². The first-order valence-electron chi connectivity index (χ1n) is 9.81. The van der Waals surface area contributed by atoms with Gasteiger partial charge in [0.1, 0.15) is 12.1 Å². The fourth-order valence-electron chi connectivity index (χ4n) is 3.94. The maximum atomic E-state index is 6.11. The summed E-state index contributed by atoms with van der Waals surface area (Å²) in [5.74, 6) is 1.01. The number of fused-ring (bicyclic) bond motifs is 1. The standard InChI is InChI=1S/C23H22ClN5/c1-27-11-13-28(14-12-27)22-21-20(17-5-3-2-4-6-17)15-29(23(21)26-16-25-22)19-9-7-18(24)8-10-19/h2-10,15-16H,11-14H2,1H3. The molecule has 4 aromatic rings. The number of piperazine rings is 1. The van der Waals surface area contributed by atoms with E-state index in [1.165, 1.54) is 0 Å². The molecule has 0 radical (unpaired) electrons. The quantitative estimate of drug-likeness (QED) is 0.505. The Labute approximate surface area is 175 Å². The molecule has 0 bridgehead atoms. The minimum absolute atomic E-state index is 0.723. The van der Waals surface area contributed by atoms with Gasteiger partial charge in [-0.1, -0.05) is 41.9 Å². The van der Waals surface area contributed by atoms with E-state index in [0.29, 0.717) is 0 Å². The topological polar surface area (TPSA) is 37.2 Å². The van der Waals surface area contributed by atoms with E-state index in [0.717, 1.165) is 64.9 Å². The summed E-state index contributed by atoms with van der Waals surface area (Å²) in [6.07, 6.45) is 3.84. The molecule has 6 heteroatoms. The molecule has 29 heavy (non-hydrogen) atoms. The fourth-order valence-corrected chi connectivity index (χ4v) is 4.06. The van der Waals surface area contributed by atoms with Crippen LogP contribution in [0.5, 0.6) is 0 Å². The molecule has 1 fully saturated rings. The molecule has 0 saturated carbocycles. The van der Waals surface area contributed by atoms with Gasteiger partial charge in [-0.05, 0) is 36.9 Å². The molecule has 0 N–H and O–H groups in total. The number of rotatable bonds is 3. The van der Waals surface area contributed by atoms with Crippen molar-refractivity contribution in [3.8, 4) is 16.8 Å². The third-order valence-electron chi connectivity index (χ3n) is 5.56. The van der Waals surface area contributed by atoms with Crippen molar-refractivity contribution in [1.82, 2.24) is 19.4 Å².